The Morgan fingerprint density at radius 3 is 1.81 bits per heavy atom. The standard InChI is InChI=1S/C28H26ClN3O3S/c1-20-12-18-25(19-13-20)36(34,35)32-27(22-10-6-3-7-11-22)26(21-8-4-2-5-9-21)31-28(33)30-24-16-14-23(29)15-17-24/h2-19,26-27,32H,1H3,(H2,30,31,33)/t26-,27-/m0/s1. The highest BCUT2D eigenvalue weighted by atomic mass is 35.5. The number of carbonyl (C=O) groups excluding carboxylic acids is 1. The lowest BCUT2D eigenvalue weighted by molar-refractivity contribution is 0.245. The fraction of sp³-hybridized carbons (Fsp3) is 0.107. The van der Waals surface area contributed by atoms with Crippen LogP contribution in [0.4, 0.5) is 10.5 Å². The normalized spacial score (nSPS) is 12.9. The van der Waals surface area contributed by atoms with Crippen molar-refractivity contribution in [3.63, 3.8) is 0 Å². The van der Waals surface area contributed by atoms with Crippen molar-refractivity contribution in [1.29, 1.82) is 0 Å². The van der Waals surface area contributed by atoms with Crippen LogP contribution < -0.4 is 15.4 Å². The number of nitrogens with one attached hydrogen (secondary N) is 3. The summed E-state index contributed by atoms with van der Waals surface area (Å²) >= 11 is 5.95. The van der Waals surface area contributed by atoms with Gasteiger partial charge in [0.2, 0.25) is 10.0 Å². The first-order chi connectivity index (χ1) is 17.3. The highest BCUT2D eigenvalue weighted by molar-refractivity contribution is 7.89. The van der Waals surface area contributed by atoms with E-state index in [1.54, 1.807) is 48.5 Å². The molecule has 0 aliphatic rings. The number of amides is 2. The largest absolute Gasteiger partial charge is 0.329 e. The second-order valence-corrected chi connectivity index (χ2v) is 10.5. The molecule has 4 aromatic carbocycles. The van der Waals surface area contributed by atoms with Crippen molar-refractivity contribution in [3.8, 4) is 0 Å². The number of benzene rings is 4. The Balaban J connectivity index is 1.70. The predicted molar refractivity (Wildman–Crippen MR) is 143 cm³/mol. The first kappa shape index (κ1) is 25.4. The van der Waals surface area contributed by atoms with Gasteiger partial charge in [-0.2, -0.15) is 0 Å². The summed E-state index contributed by atoms with van der Waals surface area (Å²) in [5, 5.41) is 6.31. The molecule has 0 aliphatic heterocycles. The van der Waals surface area contributed by atoms with Gasteiger partial charge in [0.1, 0.15) is 0 Å². The highest BCUT2D eigenvalue weighted by Crippen LogP contribution is 2.31. The summed E-state index contributed by atoms with van der Waals surface area (Å²) in [6, 6.07) is 29.8. The minimum atomic E-state index is -3.91. The molecule has 0 spiro atoms. The van der Waals surface area contributed by atoms with Crippen LogP contribution in [-0.4, -0.2) is 14.4 Å². The highest BCUT2D eigenvalue weighted by Gasteiger charge is 2.31. The minimum Gasteiger partial charge on any atom is -0.329 e. The molecule has 184 valence electrons. The van der Waals surface area contributed by atoms with Gasteiger partial charge in [0.05, 0.1) is 17.0 Å². The van der Waals surface area contributed by atoms with Gasteiger partial charge >= 0.3 is 6.03 Å². The maximum Gasteiger partial charge on any atom is 0.319 e. The maximum atomic E-state index is 13.4. The molecule has 0 saturated heterocycles. The SMILES string of the molecule is Cc1ccc(S(=O)(=O)N[C@@H](c2ccccc2)[C@@H](NC(=O)Nc2ccc(Cl)cc2)c2ccccc2)cc1. The summed E-state index contributed by atoms with van der Waals surface area (Å²) in [5.74, 6) is 0. The molecule has 3 N–H and O–H groups in total. The number of sulfonamides is 1. The van der Waals surface area contributed by atoms with Gasteiger partial charge in [0.25, 0.3) is 0 Å². The summed E-state index contributed by atoms with van der Waals surface area (Å²) < 4.78 is 29.7. The van der Waals surface area contributed by atoms with Crippen molar-refractivity contribution in [3.05, 3.63) is 131 Å². The Morgan fingerprint density at radius 1 is 0.722 bits per heavy atom. The van der Waals surface area contributed by atoms with Gasteiger partial charge in [-0.3, -0.25) is 0 Å². The first-order valence-electron chi connectivity index (χ1n) is 11.3. The van der Waals surface area contributed by atoms with E-state index in [0.29, 0.717) is 16.3 Å². The van der Waals surface area contributed by atoms with Gasteiger partial charge < -0.3 is 10.6 Å². The molecule has 8 heteroatoms. The minimum absolute atomic E-state index is 0.145. The van der Waals surface area contributed by atoms with E-state index in [4.69, 9.17) is 11.6 Å². The van der Waals surface area contributed by atoms with Crippen molar-refractivity contribution in [2.24, 2.45) is 0 Å². The molecule has 0 saturated carbocycles. The Labute approximate surface area is 216 Å². The van der Waals surface area contributed by atoms with Crippen LogP contribution in [-0.2, 0) is 10.0 Å². The lowest BCUT2D eigenvalue weighted by atomic mass is 9.94. The quantitative estimate of drug-likeness (QED) is 0.258. The van der Waals surface area contributed by atoms with Gasteiger partial charge in [-0.25, -0.2) is 17.9 Å². The molecule has 2 atom stereocenters. The maximum absolute atomic E-state index is 13.4. The monoisotopic (exact) mass is 519 g/mol. The lowest BCUT2D eigenvalue weighted by Gasteiger charge is -2.30. The molecule has 0 fully saturated rings. The number of carbonyl (C=O) groups is 1. The molecule has 0 aliphatic carbocycles. The van der Waals surface area contributed by atoms with Gasteiger partial charge in [-0.1, -0.05) is 90.0 Å². The topological polar surface area (TPSA) is 87.3 Å². The molecule has 36 heavy (non-hydrogen) atoms. The number of halogens is 1. The van der Waals surface area contributed by atoms with E-state index in [0.717, 1.165) is 11.1 Å². The fourth-order valence-corrected chi connectivity index (χ4v) is 5.17. The number of hydrogen-bond donors (Lipinski definition) is 3. The molecule has 0 bridgehead atoms. The van der Waals surface area contributed by atoms with Crippen LogP contribution in [0.15, 0.2) is 114 Å². The Kier molecular flexibility index (Phi) is 8.05. The zero-order chi connectivity index (χ0) is 25.5. The molecule has 4 rings (SSSR count). The zero-order valence-electron chi connectivity index (χ0n) is 19.6. The van der Waals surface area contributed by atoms with Crippen LogP contribution in [0, 0.1) is 6.92 Å². The fourth-order valence-electron chi connectivity index (χ4n) is 3.80. The smallest absolute Gasteiger partial charge is 0.319 e. The van der Waals surface area contributed by atoms with Crippen LogP contribution in [0.25, 0.3) is 0 Å². The third-order valence-corrected chi connectivity index (χ3v) is 7.36. The summed E-state index contributed by atoms with van der Waals surface area (Å²) in [5.41, 5.74) is 2.95. The number of anilines is 1. The van der Waals surface area contributed by atoms with E-state index in [1.165, 1.54) is 0 Å². The number of urea groups is 1. The van der Waals surface area contributed by atoms with Gasteiger partial charge in [0.15, 0.2) is 0 Å². The Hall–Kier alpha value is -3.65. The summed E-state index contributed by atoms with van der Waals surface area (Å²) in [6.45, 7) is 1.89. The van der Waals surface area contributed by atoms with E-state index in [9.17, 15) is 13.2 Å². The van der Waals surface area contributed by atoms with Crippen molar-refractivity contribution in [2.75, 3.05) is 5.32 Å². The average molecular weight is 520 g/mol. The Bertz CT molecular complexity index is 1400. The third kappa shape index (κ3) is 6.51. The molecule has 2 amide bonds. The van der Waals surface area contributed by atoms with Gasteiger partial charge in [-0.05, 0) is 54.4 Å². The second-order valence-electron chi connectivity index (χ2n) is 8.32. The number of hydrogen-bond acceptors (Lipinski definition) is 3. The van der Waals surface area contributed by atoms with Gasteiger partial charge in [0, 0.05) is 10.7 Å². The van der Waals surface area contributed by atoms with E-state index in [2.05, 4.69) is 15.4 Å². The van der Waals surface area contributed by atoms with Crippen molar-refractivity contribution >= 4 is 33.3 Å². The van der Waals surface area contributed by atoms with Crippen LogP contribution in [0.5, 0.6) is 0 Å². The van der Waals surface area contributed by atoms with Crippen LogP contribution in [0.2, 0.25) is 5.02 Å². The van der Waals surface area contributed by atoms with Crippen LogP contribution in [0.1, 0.15) is 28.8 Å². The molecule has 0 radical (unpaired) electrons. The van der Waals surface area contributed by atoms with Crippen molar-refractivity contribution < 1.29 is 13.2 Å². The zero-order valence-corrected chi connectivity index (χ0v) is 21.1. The summed E-state index contributed by atoms with van der Waals surface area (Å²) in [7, 11) is -3.91. The predicted octanol–water partition coefficient (Wildman–Crippen LogP) is 6.23. The number of aryl methyl sites for hydroxylation is 1. The van der Waals surface area contributed by atoms with E-state index in [-0.39, 0.29) is 4.90 Å². The summed E-state index contributed by atoms with van der Waals surface area (Å²) in [6.07, 6.45) is 0. The van der Waals surface area contributed by atoms with Crippen molar-refractivity contribution in [1.82, 2.24) is 10.0 Å². The lowest BCUT2D eigenvalue weighted by Crippen LogP contribution is -2.42. The molecular formula is C28H26ClN3O3S. The molecular weight excluding hydrogens is 494 g/mol. The first-order valence-corrected chi connectivity index (χ1v) is 13.2. The molecule has 0 unspecified atom stereocenters. The van der Waals surface area contributed by atoms with Crippen LogP contribution in [0.3, 0.4) is 0 Å². The molecule has 4 aromatic rings. The molecule has 0 heterocycles. The second kappa shape index (κ2) is 11.4. The van der Waals surface area contributed by atoms with E-state index in [1.807, 2.05) is 67.6 Å². The molecule has 6 nitrogen and oxygen atoms in total. The number of rotatable bonds is 8. The van der Waals surface area contributed by atoms with E-state index >= 15 is 0 Å². The summed E-state index contributed by atoms with van der Waals surface area (Å²) in [4.78, 5) is 13.2. The average Bonchev–Trinajstić information content (AvgIpc) is 2.89. The Morgan fingerprint density at radius 2 is 1.25 bits per heavy atom. The van der Waals surface area contributed by atoms with Gasteiger partial charge in [-0.15, -0.1) is 0 Å². The van der Waals surface area contributed by atoms with Crippen molar-refractivity contribution in [2.45, 2.75) is 23.9 Å². The third-order valence-electron chi connectivity index (χ3n) is 5.65. The van der Waals surface area contributed by atoms with Crippen LogP contribution >= 0.6 is 11.6 Å². The molecule has 0 aromatic heterocycles. The van der Waals surface area contributed by atoms with E-state index < -0.39 is 28.1 Å².